The molecule has 1 unspecified atom stereocenters. The average molecular weight is 214 g/mol. The van der Waals surface area contributed by atoms with Crippen LogP contribution in [-0.2, 0) is 4.79 Å². The number of rotatable bonds is 8. The maximum absolute atomic E-state index is 11.8. The van der Waals surface area contributed by atoms with Gasteiger partial charge in [0.25, 0.3) is 0 Å². The fourth-order valence-electron chi connectivity index (χ4n) is 1.55. The van der Waals surface area contributed by atoms with Gasteiger partial charge in [0.05, 0.1) is 0 Å². The van der Waals surface area contributed by atoms with Crippen molar-refractivity contribution in [3.63, 3.8) is 0 Å². The molecule has 0 aromatic rings. The van der Waals surface area contributed by atoms with E-state index in [2.05, 4.69) is 20.8 Å². The lowest BCUT2D eigenvalue weighted by molar-refractivity contribution is -0.131. The van der Waals surface area contributed by atoms with E-state index in [1.54, 1.807) is 0 Å². The van der Waals surface area contributed by atoms with Gasteiger partial charge in [0.2, 0.25) is 5.91 Å². The first-order valence-electron chi connectivity index (χ1n) is 6.13. The van der Waals surface area contributed by atoms with Crippen LogP contribution < -0.4 is 5.73 Å². The third-order valence-corrected chi connectivity index (χ3v) is 2.59. The molecule has 90 valence electrons. The van der Waals surface area contributed by atoms with E-state index < -0.39 is 0 Å². The highest BCUT2D eigenvalue weighted by atomic mass is 16.2. The van der Waals surface area contributed by atoms with Gasteiger partial charge in [-0.05, 0) is 31.7 Å². The normalized spacial score (nSPS) is 12.5. The largest absolute Gasteiger partial charge is 0.343 e. The van der Waals surface area contributed by atoms with Crippen molar-refractivity contribution in [1.29, 1.82) is 0 Å². The van der Waals surface area contributed by atoms with E-state index in [-0.39, 0.29) is 0 Å². The molecule has 0 fully saturated rings. The zero-order valence-corrected chi connectivity index (χ0v) is 10.5. The Morgan fingerprint density at radius 3 is 2.20 bits per heavy atom. The van der Waals surface area contributed by atoms with Crippen LogP contribution in [0.25, 0.3) is 0 Å². The molecule has 3 heteroatoms. The van der Waals surface area contributed by atoms with Gasteiger partial charge in [0, 0.05) is 19.5 Å². The molecular formula is C12H26N2O. The van der Waals surface area contributed by atoms with E-state index in [0.717, 1.165) is 32.4 Å². The first-order valence-corrected chi connectivity index (χ1v) is 6.13. The third kappa shape index (κ3) is 6.50. The second-order valence-electron chi connectivity index (χ2n) is 4.26. The van der Waals surface area contributed by atoms with Crippen LogP contribution in [0.3, 0.4) is 0 Å². The smallest absolute Gasteiger partial charge is 0.222 e. The highest BCUT2D eigenvalue weighted by Crippen LogP contribution is 2.07. The molecule has 0 saturated carbocycles. The van der Waals surface area contributed by atoms with E-state index >= 15 is 0 Å². The van der Waals surface area contributed by atoms with Gasteiger partial charge < -0.3 is 10.6 Å². The molecule has 0 aromatic heterocycles. The summed E-state index contributed by atoms with van der Waals surface area (Å²) in [5.41, 5.74) is 5.53. The zero-order valence-electron chi connectivity index (χ0n) is 10.5. The summed E-state index contributed by atoms with van der Waals surface area (Å²) in [6.45, 7) is 8.77. The molecule has 1 atom stereocenters. The maximum Gasteiger partial charge on any atom is 0.222 e. The van der Waals surface area contributed by atoms with Gasteiger partial charge in [-0.2, -0.15) is 0 Å². The molecule has 0 spiro atoms. The molecule has 0 saturated heterocycles. The van der Waals surface area contributed by atoms with Gasteiger partial charge in [-0.3, -0.25) is 4.79 Å². The van der Waals surface area contributed by atoms with Crippen LogP contribution in [-0.4, -0.2) is 30.4 Å². The predicted octanol–water partition coefficient (Wildman–Crippen LogP) is 2.01. The van der Waals surface area contributed by atoms with Gasteiger partial charge in [0.1, 0.15) is 0 Å². The highest BCUT2D eigenvalue weighted by molar-refractivity contribution is 5.76. The van der Waals surface area contributed by atoms with Gasteiger partial charge in [-0.25, -0.2) is 0 Å². The number of amides is 1. The molecular weight excluding hydrogens is 188 g/mol. The fourth-order valence-corrected chi connectivity index (χ4v) is 1.55. The van der Waals surface area contributed by atoms with Crippen molar-refractivity contribution >= 4 is 5.91 Å². The second kappa shape index (κ2) is 8.72. The summed E-state index contributed by atoms with van der Waals surface area (Å²) in [6.07, 6.45) is 3.65. The van der Waals surface area contributed by atoms with Crippen molar-refractivity contribution in [2.75, 3.05) is 19.6 Å². The molecule has 1 amide bonds. The molecule has 0 bridgehead atoms. The summed E-state index contributed by atoms with van der Waals surface area (Å²) in [5.74, 6) is 0.748. The van der Waals surface area contributed by atoms with E-state index in [9.17, 15) is 4.79 Å². The summed E-state index contributed by atoms with van der Waals surface area (Å²) in [4.78, 5) is 13.8. The number of hydrogen-bond acceptors (Lipinski definition) is 2. The van der Waals surface area contributed by atoms with Crippen molar-refractivity contribution in [2.24, 2.45) is 11.7 Å². The molecule has 3 nitrogen and oxygen atoms in total. The zero-order chi connectivity index (χ0) is 11.7. The van der Waals surface area contributed by atoms with Crippen molar-refractivity contribution in [1.82, 2.24) is 4.90 Å². The Hall–Kier alpha value is -0.570. The summed E-state index contributed by atoms with van der Waals surface area (Å²) < 4.78 is 0. The molecule has 0 aliphatic carbocycles. The first kappa shape index (κ1) is 14.4. The summed E-state index contributed by atoms with van der Waals surface area (Å²) in [5, 5.41) is 0. The Bertz CT molecular complexity index is 165. The quantitative estimate of drug-likeness (QED) is 0.672. The Balaban J connectivity index is 3.90. The lowest BCUT2D eigenvalue weighted by Gasteiger charge is -2.22. The van der Waals surface area contributed by atoms with Crippen molar-refractivity contribution < 1.29 is 4.79 Å². The van der Waals surface area contributed by atoms with E-state index in [4.69, 9.17) is 5.73 Å². The van der Waals surface area contributed by atoms with Crippen molar-refractivity contribution in [3.05, 3.63) is 0 Å². The minimum absolute atomic E-state index is 0.291. The number of hydrogen-bond donors (Lipinski definition) is 1. The van der Waals surface area contributed by atoms with Crippen molar-refractivity contribution in [2.45, 2.75) is 46.5 Å². The molecule has 0 radical (unpaired) electrons. The van der Waals surface area contributed by atoms with Crippen LogP contribution in [0.1, 0.15) is 46.5 Å². The number of nitrogens with zero attached hydrogens (tertiary/aromatic N) is 1. The summed E-state index contributed by atoms with van der Waals surface area (Å²) in [6, 6.07) is 0. The molecule has 0 rings (SSSR count). The van der Waals surface area contributed by atoms with Gasteiger partial charge in [-0.15, -0.1) is 0 Å². The average Bonchev–Trinajstić information content (AvgIpc) is 2.25. The van der Waals surface area contributed by atoms with E-state index in [1.807, 2.05) is 4.90 Å². The fraction of sp³-hybridized carbons (Fsp3) is 0.917. The molecule has 0 aliphatic rings. The Kier molecular flexibility index (Phi) is 8.38. The van der Waals surface area contributed by atoms with Gasteiger partial charge in [0.15, 0.2) is 0 Å². The minimum Gasteiger partial charge on any atom is -0.343 e. The van der Waals surface area contributed by atoms with Crippen LogP contribution in [0, 0.1) is 5.92 Å². The standard InChI is InChI=1S/C12H26N2O/c1-4-8-14(9-5-2)12(15)7-6-11(3)10-13/h11H,4-10,13H2,1-3H3. The first-order chi connectivity index (χ1) is 7.15. The molecule has 15 heavy (non-hydrogen) atoms. The summed E-state index contributed by atoms with van der Waals surface area (Å²) >= 11 is 0. The predicted molar refractivity (Wildman–Crippen MR) is 64.6 cm³/mol. The second-order valence-corrected chi connectivity index (χ2v) is 4.26. The lowest BCUT2D eigenvalue weighted by atomic mass is 10.1. The molecule has 0 aromatic carbocycles. The van der Waals surface area contributed by atoms with Crippen LogP contribution >= 0.6 is 0 Å². The Morgan fingerprint density at radius 1 is 1.27 bits per heavy atom. The minimum atomic E-state index is 0.291. The van der Waals surface area contributed by atoms with Crippen LogP contribution in [0.5, 0.6) is 0 Å². The monoisotopic (exact) mass is 214 g/mol. The van der Waals surface area contributed by atoms with Crippen LogP contribution in [0.15, 0.2) is 0 Å². The Labute approximate surface area is 94.0 Å². The SMILES string of the molecule is CCCN(CCC)C(=O)CCC(C)CN. The van der Waals surface area contributed by atoms with Gasteiger partial charge in [-0.1, -0.05) is 20.8 Å². The molecule has 0 heterocycles. The number of carbonyl (C=O) groups excluding carboxylic acids is 1. The maximum atomic E-state index is 11.8. The lowest BCUT2D eigenvalue weighted by Crippen LogP contribution is -2.32. The van der Waals surface area contributed by atoms with Crippen molar-refractivity contribution in [3.8, 4) is 0 Å². The number of nitrogens with two attached hydrogens (primary N) is 1. The summed E-state index contributed by atoms with van der Waals surface area (Å²) in [7, 11) is 0. The van der Waals surface area contributed by atoms with E-state index in [0.29, 0.717) is 24.8 Å². The topological polar surface area (TPSA) is 46.3 Å². The number of carbonyl (C=O) groups is 1. The highest BCUT2D eigenvalue weighted by Gasteiger charge is 2.12. The van der Waals surface area contributed by atoms with Crippen LogP contribution in [0.2, 0.25) is 0 Å². The molecule has 0 aliphatic heterocycles. The third-order valence-electron chi connectivity index (χ3n) is 2.59. The molecule has 2 N–H and O–H groups in total. The van der Waals surface area contributed by atoms with E-state index in [1.165, 1.54) is 0 Å². The van der Waals surface area contributed by atoms with Gasteiger partial charge >= 0.3 is 0 Å². The Morgan fingerprint density at radius 2 is 1.80 bits per heavy atom. The van der Waals surface area contributed by atoms with Crippen LogP contribution in [0.4, 0.5) is 0 Å².